The van der Waals surface area contributed by atoms with Gasteiger partial charge in [-0.25, -0.2) is 4.99 Å². The molecular weight excluding hydrogens is 316 g/mol. The normalized spacial score (nSPS) is 11.8. The number of nitrogens with zero attached hydrogens (tertiary/aromatic N) is 1. The number of rotatable bonds is 7. The van der Waals surface area contributed by atoms with E-state index < -0.39 is 0 Å². The van der Waals surface area contributed by atoms with E-state index in [1.165, 1.54) is 0 Å². The van der Waals surface area contributed by atoms with Gasteiger partial charge >= 0.3 is 0 Å². The van der Waals surface area contributed by atoms with Gasteiger partial charge in [0.2, 0.25) is 5.91 Å². The molecule has 0 aliphatic carbocycles. The average molecular weight is 348 g/mol. The number of aliphatic imine (C=N–C) groups is 1. The van der Waals surface area contributed by atoms with Crippen LogP contribution in [0.15, 0.2) is 23.2 Å². The molecule has 1 aromatic carbocycles. The van der Waals surface area contributed by atoms with Gasteiger partial charge in [0.1, 0.15) is 5.75 Å². The van der Waals surface area contributed by atoms with E-state index in [-0.39, 0.29) is 18.0 Å². The molecule has 0 saturated carbocycles. The average Bonchev–Trinajstić information content (AvgIpc) is 2.51. The van der Waals surface area contributed by atoms with Gasteiger partial charge in [-0.3, -0.25) is 4.79 Å². The molecular formula is C19H32N4O2. The molecule has 6 nitrogen and oxygen atoms in total. The lowest BCUT2D eigenvalue weighted by molar-refractivity contribution is -0.121. The fourth-order valence-electron chi connectivity index (χ4n) is 2.27. The Morgan fingerprint density at radius 2 is 1.92 bits per heavy atom. The van der Waals surface area contributed by atoms with Gasteiger partial charge in [-0.05, 0) is 58.7 Å². The number of carbonyl (C=O) groups excluding carboxylic acids is 1. The Bertz CT molecular complexity index is 592. The molecule has 0 unspecified atom stereocenters. The van der Waals surface area contributed by atoms with Crippen molar-refractivity contribution < 1.29 is 9.53 Å². The van der Waals surface area contributed by atoms with E-state index >= 15 is 0 Å². The van der Waals surface area contributed by atoms with E-state index in [1.54, 1.807) is 0 Å². The maximum absolute atomic E-state index is 11.9. The Balaban J connectivity index is 2.66. The molecule has 0 heterocycles. The van der Waals surface area contributed by atoms with Crippen LogP contribution in [0.4, 0.5) is 0 Å². The summed E-state index contributed by atoms with van der Waals surface area (Å²) in [6, 6.07) is 6.06. The van der Waals surface area contributed by atoms with E-state index in [1.807, 2.05) is 53.7 Å². The minimum atomic E-state index is -0.242. The van der Waals surface area contributed by atoms with Crippen molar-refractivity contribution in [3.05, 3.63) is 29.3 Å². The van der Waals surface area contributed by atoms with Crippen LogP contribution in [0.3, 0.4) is 0 Å². The predicted octanol–water partition coefficient (Wildman–Crippen LogP) is 2.36. The van der Waals surface area contributed by atoms with E-state index in [0.717, 1.165) is 23.4 Å². The smallest absolute Gasteiger partial charge is 0.239 e. The quantitative estimate of drug-likeness (QED) is 0.522. The molecule has 1 amide bonds. The zero-order valence-electron chi connectivity index (χ0n) is 16.3. The number of hydrogen-bond acceptors (Lipinski definition) is 3. The summed E-state index contributed by atoms with van der Waals surface area (Å²) in [7, 11) is 0. The van der Waals surface area contributed by atoms with Crippen molar-refractivity contribution in [1.29, 1.82) is 0 Å². The highest BCUT2D eigenvalue weighted by atomic mass is 16.5. The van der Waals surface area contributed by atoms with Gasteiger partial charge in [0.05, 0.1) is 19.7 Å². The second-order valence-electron chi connectivity index (χ2n) is 6.88. The maximum Gasteiger partial charge on any atom is 0.239 e. The second kappa shape index (κ2) is 9.91. The summed E-state index contributed by atoms with van der Waals surface area (Å²) in [4.78, 5) is 16.5. The monoisotopic (exact) mass is 348 g/mol. The Morgan fingerprint density at radius 1 is 1.20 bits per heavy atom. The molecule has 0 bridgehead atoms. The highest BCUT2D eigenvalue weighted by Gasteiger charge is 2.13. The van der Waals surface area contributed by atoms with E-state index in [4.69, 9.17) is 4.74 Å². The van der Waals surface area contributed by atoms with Crippen LogP contribution < -0.4 is 20.7 Å². The molecule has 0 aliphatic heterocycles. The maximum atomic E-state index is 11.9. The first kappa shape index (κ1) is 20.8. The summed E-state index contributed by atoms with van der Waals surface area (Å²) in [6.45, 7) is 14.0. The Morgan fingerprint density at radius 3 is 2.48 bits per heavy atom. The van der Waals surface area contributed by atoms with Crippen molar-refractivity contribution in [3.8, 4) is 5.75 Å². The molecule has 0 aliphatic rings. The number of amides is 1. The van der Waals surface area contributed by atoms with Gasteiger partial charge in [0.25, 0.3) is 0 Å². The van der Waals surface area contributed by atoms with Crippen molar-refractivity contribution in [2.24, 2.45) is 4.99 Å². The number of aryl methyl sites for hydroxylation is 1. The Labute approximate surface area is 151 Å². The number of guanidine groups is 1. The standard InChI is InChI=1S/C19H32N4O2/c1-7-20-18(22-13-17(24)23-19(4,5)6)21-12-15-9-10-16(25-8-2)14(3)11-15/h9-11H,7-8,12-13H2,1-6H3,(H,23,24)(H2,20,21,22). The van der Waals surface area contributed by atoms with Crippen molar-refractivity contribution in [2.45, 2.75) is 53.6 Å². The van der Waals surface area contributed by atoms with E-state index in [2.05, 4.69) is 27.0 Å². The van der Waals surface area contributed by atoms with Crippen LogP contribution in [0.2, 0.25) is 0 Å². The minimum Gasteiger partial charge on any atom is -0.494 e. The lowest BCUT2D eigenvalue weighted by Gasteiger charge is -2.21. The van der Waals surface area contributed by atoms with Crippen molar-refractivity contribution in [2.75, 3.05) is 19.7 Å². The highest BCUT2D eigenvalue weighted by Crippen LogP contribution is 2.19. The molecule has 0 fully saturated rings. The number of ether oxygens (including phenoxy) is 1. The number of benzene rings is 1. The largest absolute Gasteiger partial charge is 0.494 e. The third-order valence-electron chi connectivity index (χ3n) is 3.23. The Kier molecular flexibility index (Phi) is 8.25. The second-order valence-corrected chi connectivity index (χ2v) is 6.88. The summed E-state index contributed by atoms with van der Waals surface area (Å²) in [5.41, 5.74) is 1.95. The first-order valence-electron chi connectivity index (χ1n) is 8.80. The Hall–Kier alpha value is -2.24. The van der Waals surface area contributed by atoms with Crippen LogP contribution in [-0.2, 0) is 11.3 Å². The van der Waals surface area contributed by atoms with Crippen LogP contribution in [0.5, 0.6) is 5.75 Å². The number of nitrogens with one attached hydrogen (secondary N) is 3. The topological polar surface area (TPSA) is 74.8 Å². The van der Waals surface area contributed by atoms with E-state index in [9.17, 15) is 4.79 Å². The van der Waals surface area contributed by atoms with E-state index in [0.29, 0.717) is 19.1 Å². The number of hydrogen-bond donors (Lipinski definition) is 3. The van der Waals surface area contributed by atoms with Crippen LogP contribution in [0.25, 0.3) is 0 Å². The molecule has 0 radical (unpaired) electrons. The summed E-state index contributed by atoms with van der Waals surface area (Å²) in [5, 5.41) is 9.13. The first-order chi connectivity index (χ1) is 11.7. The van der Waals surface area contributed by atoms with Crippen LogP contribution in [0.1, 0.15) is 45.7 Å². The third kappa shape index (κ3) is 8.42. The molecule has 1 aromatic rings. The molecule has 0 aromatic heterocycles. The third-order valence-corrected chi connectivity index (χ3v) is 3.23. The van der Waals surface area contributed by atoms with Gasteiger partial charge in [-0.2, -0.15) is 0 Å². The van der Waals surface area contributed by atoms with Gasteiger partial charge in [-0.15, -0.1) is 0 Å². The lowest BCUT2D eigenvalue weighted by Crippen LogP contribution is -2.48. The highest BCUT2D eigenvalue weighted by molar-refractivity contribution is 5.86. The molecule has 140 valence electrons. The van der Waals surface area contributed by atoms with Gasteiger partial charge in [0.15, 0.2) is 5.96 Å². The molecule has 3 N–H and O–H groups in total. The SMILES string of the molecule is CCNC(=NCc1ccc(OCC)c(C)c1)NCC(=O)NC(C)(C)C. The van der Waals surface area contributed by atoms with Crippen LogP contribution in [-0.4, -0.2) is 37.1 Å². The molecule has 1 rings (SSSR count). The molecule has 0 saturated heterocycles. The predicted molar refractivity (Wildman–Crippen MR) is 103 cm³/mol. The minimum absolute atomic E-state index is 0.0602. The summed E-state index contributed by atoms with van der Waals surface area (Å²) in [6.07, 6.45) is 0. The first-order valence-corrected chi connectivity index (χ1v) is 8.80. The van der Waals surface area contributed by atoms with Crippen molar-refractivity contribution in [1.82, 2.24) is 16.0 Å². The summed E-state index contributed by atoms with van der Waals surface area (Å²) in [5.74, 6) is 1.47. The summed E-state index contributed by atoms with van der Waals surface area (Å²) >= 11 is 0. The number of carbonyl (C=O) groups is 1. The lowest BCUT2D eigenvalue weighted by atomic mass is 10.1. The van der Waals surface area contributed by atoms with Crippen LogP contribution in [0, 0.1) is 6.92 Å². The fourth-order valence-corrected chi connectivity index (χ4v) is 2.27. The molecule has 0 spiro atoms. The van der Waals surface area contributed by atoms with Crippen molar-refractivity contribution in [3.63, 3.8) is 0 Å². The zero-order chi connectivity index (χ0) is 18.9. The van der Waals surface area contributed by atoms with Crippen molar-refractivity contribution >= 4 is 11.9 Å². The van der Waals surface area contributed by atoms with Gasteiger partial charge in [-0.1, -0.05) is 12.1 Å². The van der Waals surface area contributed by atoms with Gasteiger partial charge < -0.3 is 20.7 Å². The summed E-state index contributed by atoms with van der Waals surface area (Å²) < 4.78 is 5.56. The zero-order valence-corrected chi connectivity index (χ0v) is 16.3. The van der Waals surface area contributed by atoms with Gasteiger partial charge in [0, 0.05) is 12.1 Å². The molecule has 0 atom stereocenters. The molecule has 25 heavy (non-hydrogen) atoms. The fraction of sp³-hybridized carbons (Fsp3) is 0.579. The van der Waals surface area contributed by atoms with Crippen LogP contribution >= 0.6 is 0 Å². The molecule has 6 heteroatoms.